The Balaban J connectivity index is 0.795. The van der Waals surface area contributed by atoms with Crippen LogP contribution in [0.1, 0.15) is 23.9 Å². The molecule has 1 unspecified atom stereocenters. The predicted molar refractivity (Wildman–Crippen MR) is 278 cm³/mol. The third kappa shape index (κ3) is 22.1. The van der Waals surface area contributed by atoms with Gasteiger partial charge in [0.2, 0.25) is 11.0 Å². The first kappa shape index (κ1) is 66.1. The average molecular weight is 1250 g/mol. The molecule has 450 valence electrons. The molecule has 35 heteroatoms. The fourth-order valence-corrected chi connectivity index (χ4v) is 10.6. The first-order valence-corrected chi connectivity index (χ1v) is 29.4. The van der Waals surface area contributed by atoms with Crippen LogP contribution < -0.4 is 9.64 Å². The van der Waals surface area contributed by atoms with Crippen LogP contribution in [0.2, 0.25) is 15.3 Å². The van der Waals surface area contributed by atoms with Crippen molar-refractivity contribution >= 4 is 72.8 Å². The van der Waals surface area contributed by atoms with E-state index in [1.54, 1.807) is 34.0 Å². The predicted octanol–water partition coefficient (Wildman–Crippen LogP) is 4.09. The van der Waals surface area contributed by atoms with Gasteiger partial charge in [-0.25, -0.2) is 22.5 Å². The van der Waals surface area contributed by atoms with Gasteiger partial charge < -0.3 is 81.7 Å². The molecule has 81 heavy (non-hydrogen) atoms. The highest BCUT2D eigenvalue weighted by molar-refractivity contribution is 7.70. The van der Waals surface area contributed by atoms with E-state index in [1.807, 2.05) is 0 Å². The first-order chi connectivity index (χ1) is 38.8. The lowest BCUT2D eigenvalue weighted by atomic mass is 10.1. The van der Waals surface area contributed by atoms with E-state index in [1.165, 1.54) is 6.20 Å². The quantitative estimate of drug-likeness (QED) is 0.0122. The van der Waals surface area contributed by atoms with Crippen molar-refractivity contribution in [2.24, 2.45) is 0 Å². The highest BCUT2D eigenvalue weighted by Crippen LogP contribution is 2.55. The van der Waals surface area contributed by atoms with Gasteiger partial charge in [0.1, 0.15) is 35.6 Å². The third-order valence-electron chi connectivity index (χ3n) is 11.2. The Morgan fingerprint density at radius 3 is 1.93 bits per heavy atom. The van der Waals surface area contributed by atoms with Crippen LogP contribution in [-0.4, -0.2) is 202 Å². The number of rotatable bonds is 39. The summed E-state index contributed by atoms with van der Waals surface area (Å²) in [6.07, 6.45) is -3.33. The molecule has 0 radical (unpaired) electrons. The lowest BCUT2D eigenvalue weighted by molar-refractivity contribution is -0.136. The van der Waals surface area contributed by atoms with Crippen LogP contribution in [0.25, 0.3) is 11.0 Å². The fourth-order valence-electron chi connectivity index (χ4n) is 7.37. The summed E-state index contributed by atoms with van der Waals surface area (Å²) in [5.41, 5.74) is 1.27. The number of nitrogens with zero attached hydrogens (tertiary/aromatic N) is 8. The Hall–Kier alpha value is -4.08. The van der Waals surface area contributed by atoms with Crippen LogP contribution in [0.15, 0.2) is 42.7 Å². The maximum atomic E-state index is 13.6. The first-order valence-electron chi connectivity index (χ1n) is 24.8. The van der Waals surface area contributed by atoms with Crippen molar-refractivity contribution in [1.82, 2.24) is 34.7 Å². The minimum absolute atomic E-state index is 0.0684. The van der Waals surface area contributed by atoms with Crippen LogP contribution in [-0.2, 0) is 80.8 Å². The van der Waals surface area contributed by atoms with Crippen molar-refractivity contribution in [3.8, 4) is 5.75 Å². The van der Waals surface area contributed by atoms with Crippen molar-refractivity contribution in [2.75, 3.05) is 123 Å². The van der Waals surface area contributed by atoms with Crippen LogP contribution >= 0.6 is 50.0 Å². The molecule has 5 N–H and O–H groups in total. The summed E-state index contributed by atoms with van der Waals surface area (Å²) in [5.74, 6) is -6.87. The number of benzene rings is 2. The number of hydrogen-bond acceptors (Lipinski definition) is 22. The molecule has 6 rings (SSSR count). The van der Waals surface area contributed by atoms with Crippen LogP contribution in [0.4, 0.5) is 19.0 Å². The van der Waals surface area contributed by atoms with E-state index < -0.39 is 81.4 Å². The summed E-state index contributed by atoms with van der Waals surface area (Å²) in [7, 11) is -9.74. The molecule has 0 spiro atoms. The molecular weight excluding hydrogens is 1190 g/mol. The highest BCUT2D eigenvalue weighted by Gasteiger charge is 2.46. The van der Waals surface area contributed by atoms with E-state index in [-0.39, 0.29) is 82.5 Å². The SMILES string of the molecule is O=C(CCOCCOCCOCCOCCn1cc(COCCOCCOCCOCCN(Cc2c(Cl)cccc2Cl)c2nc(Cl)nc3c2cnn3[C@@H]2O[C@H](COP(=O)(O)CP(=O)(O)O)[C@@H](O)[C@H]2O)nn1)Oc1c(F)cc(F)cc1F. The molecule has 0 amide bonds. The smallest absolute Gasteiger partial charge is 0.340 e. The molecule has 27 nitrogen and oxygen atoms in total. The molecule has 5 aromatic rings. The van der Waals surface area contributed by atoms with Gasteiger partial charge >= 0.3 is 21.2 Å². The molecule has 1 saturated heterocycles. The number of aromatic nitrogens is 7. The lowest BCUT2D eigenvalue weighted by Crippen LogP contribution is -2.33. The number of fused-ring (bicyclic) bond motifs is 1. The maximum Gasteiger partial charge on any atom is 0.340 e. The van der Waals surface area contributed by atoms with Crippen molar-refractivity contribution in [2.45, 2.75) is 50.7 Å². The van der Waals surface area contributed by atoms with Gasteiger partial charge in [0, 0.05) is 40.8 Å². The van der Waals surface area contributed by atoms with Gasteiger partial charge in [0.05, 0.1) is 143 Å². The Kier molecular flexibility index (Phi) is 27.3. The zero-order valence-electron chi connectivity index (χ0n) is 43.1. The molecule has 0 saturated carbocycles. The summed E-state index contributed by atoms with van der Waals surface area (Å²) in [6, 6.07) is 5.87. The van der Waals surface area contributed by atoms with Gasteiger partial charge in [0.15, 0.2) is 29.4 Å². The number of aliphatic hydroxyl groups is 2. The van der Waals surface area contributed by atoms with E-state index in [4.69, 9.17) is 91.7 Å². The topological polar surface area (TPSA) is 331 Å². The number of ether oxygens (including phenoxy) is 10. The van der Waals surface area contributed by atoms with Crippen molar-refractivity contribution < 1.29 is 104 Å². The van der Waals surface area contributed by atoms with E-state index in [9.17, 15) is 42.2 Å². The molecule has 1 aliphatic rings. The minimum Gasteiger partial charge on any atom is -0.420 e. The molecule has 0 bridgehead atoms. The molecule has 1 aliphatic heterocycles. The second kappa shape index (κ2) is 33.4. The summed E-state index contributed by atoms with van der Waals surface area (Å²) < 4.78 is 126. The molecule has 2 aromatic carbocycles. The summed E-state index contributed by atoms with van der Waals surface area (Å²) in [4.78, 5) is 50.4. The van der Waals surface area contributed by atoms with E-state index in [2.05, 4.69) is 30.1 Å². The molecule has 1 fully saturated rings. The molecule has 4 heterocycles. The van der Waals surface area contributed by atoms with Crippen molar-refractivity contribution in [1.29, 1.82) is 0 Å². The lowest BCUT2D eigenvalue weighted by Gasteiger charge is -2.25. The standard InChI is InChI=1S/C46H60Cl3F3N8O19P2/c47-34-2-1-3-35(48)33(34)26-58(43-32-24-53-60(44(32)55-46(49)54-43)45-41(63)40(62)38(78-45)28-77-81(67,68)29-80(64,65)66)5-8-70-11-14-73-18-19-75-20-21-76-27-31-25-59(57-56-31)6-9-71-12-15-74-17-16-72-13-10-69-7-4-39(61)79-42-36(51)22-30(50)23-37(42)52/h1-3,22-25,38,40-41,45,62-63H,4-21,26-29H2,(H,67,68)(H2,64,65,66)/t38-,40-,41-,45-/m1/s1. The van der Waals surface area contributed by atoms with Crippen molar-refractivity contribution in [3.05, 3.63) is 86.8 Å². The molecule has 3 aromatic heterocycles. The second-order valence-electron chi connectivity index (χ2n) is 17.3. The summed E-state index contributed by atoms with van der Waals surface area (Å²) >= 11 is 19.6. The monoisotopic (exact) mass is 1250 g/mol. The van der Waals surface area contributed by atoms with Gasteiger partial charge in [-0.1, -0.05) is 34.5 Å². The number of carbonyl (C=O) groups is 1. The normalized spacial score (nSPS) is 17.3. The van der Waals surface area contributed by atoms with E-state index >= 15 is 0 Å². The fraction of sp³-hybridized carbons (Fsp3) is 0.565. The molecular formula is C46H60Cl3F3N8O19P2. The molecule has 0 aliphatic carbocycles. The van der Waals surface area contributed by atoms with Gasteiger partial charge in [0.25, 0.3) is 0 Å². The van der Waals surface area contributed by atoms with E-state index in [0.29, 0.717) is 105 Å². The van der Waals surface area contributed by atoms with Crippen LogP contribution in [0.3, 0.4) is 0 Å². The minimum atomic E-state index is -4.93. The number of anilines is 1. The Morgan fingerprint density at radius 1 is 0.753 bits per heavy atom. The zero-order valence-corrected chi connectivity index (χ0v) is 47.2. The van der Waals surface area contributed by atoms with Gasteiger partial charge in [-0.3, -0.25) is 13.9 Å². The second-order valence-corrected chi connectivity index (χ2v) is 22.4. The number of halogens is 6. The van der Waals surface area contributed by atoms with Crippen LogP contribution in [0.5, 0.6) is 5.75 Å². The van der Waals surface area contributed by atoms with Gasteiger partial charge in [-0.15, -0.1) is 5.10 Å². The van der Waals surface area contributed by atoms with Crippen LogP contribution in [0, 0.1) is 17.5 Å². The van der Waals surface area contributed by atoms with Gasteiger partial charge in [-0.05, 0) is 23.7 Å². The highest BCUT2D eigenvalue weighted by atomic mass is 35.5. The Bertz CT molecular complexity index is 2830. The number of carbonyl (C=O) groups excluding carboxylic acids is 1. The summed E-state index contributed by atoms with van der Waals surface area (Å²) in [5, 5.41) is 35.0. The number of hydrogen-bond donors (Lipinski definition) is 5. The number of esters is 1. The van der Waals surface area contributed by atoms with E-state index in [0.717, 1.165) is 4.68 Å². The maximum absolute atomic E-state index is 13.6. The molecule has 5 atom stereocenters. The Morgan fingerprint density at radius 2 is 1.32 bits per heavy atom. The third-order valence-corrected chi connectivity index (χ3v) is 15.5. The summed E-state index contributed by atoms with van der Waals surface area (Å²) in [6.45, 7) is 4.08. The van der Waals surface area contributed by atoms with Gasteiger partial charge in [-0.2, -0.15) is 15.1 Å². The Labute approximate surface area is 475 Å². The zero-order chi connectivity index (χ0) is 58.4. The largest absolute Gasteiger partial charge is 0.420 e. The average Bonchev–Trinajstić information content (AvgIpc) is 3.82. The van der Waals surface area contributed by atoms with Crippen molar-refractivity contribution in [3.63, 3.8) is 0 Å². The number of aliphatic hydroxyl groups excluding tert-OH is 2.